The Morgan fingerprint density at radius 1 is 1.50 bits per heavy atom. The van der Waals surface area contributed by atoms with Crippen LogP contribution in [0.25, 0.3) is 0 Å². The number of carbonyl (C=O) groups excluding carboxylic acids is 1. The van der Waals surface area contributed by atoms with E-state index >= 15 is 0 Å². The molecule has 0 radical (unpaired) electrons. The molecule has 0 rings (SSSR count). The molecule has 16 heavy (non-hydrogen) atoms. The second kappa shape index (κ2) is 7.64. The summed E-state index contributed by atoms with van der Waals surface area (Å²) in [6.07, 6.45) is 3.32. The molecule has 4 nitrogen and oxygen atoms in total. The number of nitrogens with one attached hydrogen (secondary N) is 1. The van der Waals surface area contributed by atoms with Crippen LogP contribution in [0.2, 0.25) is 0 Å². The van der Waals surface area contributed by atoms with Crippen LogP contribution < -0.4 is 5.32 Å². The van der Waals surface area contributed by atoms with E-state index < -0.39 is 7.37 Å². The largest absolute Gasteiger partial charge is 0.352 e. The molecule has 0 aliphatic heterocycles. The predicted molar refractivity (Wildman–Crippen MR) is 67.0 cm³/mol. The normalized spacial score (nSPS) is 15.3. The molecule has 0 saturated heterocycles. The second-order valence-electron chi connectivity index (χ2n) is 4.16. The van der Waals surface area contributed by atoms with Gasteiger partial charge in [-0.25, -0.2) is 0 Å². The lowest BCUT2D eigenvalue weighted by Crippen LogP contribution is -2.25. The zero-order valence-corrected chi connectivity index (χ0v) is 11.4. The van der Waals surface area contributed by atoms with E-state index in [1.807, 2.05) is 13.8 Å². The minimum Gasteiger partial charge on any atom is -0.352 e. The van der Waals surface area contributed by atoms with Crippen LogP contribution >= 0.6 is 7.37 Å². The van der Waals surface area contributed by atoms with Crippen molar-refractivity contribution < 1.29 is 13.9 Å². The second-order valence-corrected chi connectivity index (χ2v) is 6.81. The first-order chi connectivity index (χ1) is 7.37. The van der Waals surface area contributed by atoms with E-state index in [2.05, 4.69) is 5.32 Å². The lowest BCUT2D eigenvalue weighted by molar-refractivity contribution is -0.116. The summed E-state index contributed by atoms with van der Waals surface area (Å²) in [6.45, 7) is 8.51. The van der Waals surface area contributed by atoms with Crippen molar-refractivity contribution >= 4 is 13.3 Å². The van der Waals surface area contributed by atoms with Gasteiger partial charge in [-0.2, -0.15) is 0 Å². The molecule has 0 aliphatic rings. The van der Waals surface area contributed by atoms with Crippen molar-refractivity contribution in [1.29, 1.82) is 0 Å². The number of carbonyl (C=O) groups is 1. The summed E-state index contributed by atoms with van der Waals surface area (Å²) in [7, 11) is -2.55. The van der Waals surface area contributed by atoms with Gasteiger partial charge < -0.3 is 9.84 Å². The van der Waals surface area contributed by atoms with Crippen LogP contribution in [0.4, 0.5) is 0 Å². The monoisotopic (exact) mass is 247 g/mol. The Kier molecular flexibility index (Phi) is 7.35. The molecular formula is C11H22NO3P. The van der Waals surface area contributed by atoms with Crippen molar-refractivity contribution in [3.8, 4) is 0 Å². The minimum atomic E-state index is -2.55. The highest BCUT2D eigenvalue weighted by atomic mass is 31.2. The predicted octanol–water partition coefficient (Wildman–Crippen LogP) is 2.26. The van der Waals surface area contributed by atoms with Crippen LogP contribution in [0.5, 0.6) is 0 Å². The van der Waals surface area contributed by atoms with Gasteiger partial charge in [0.05, 0.1) is 6.61 Å². The van der Waals surface area contributed by atoms with Gasteiger partial charge in [0.2, 0.25) is 13.3 Å². The fourth-order valence-electron chi connectivity index (χ4n) is 1.04. The molecule has 0 heterocycles. The summed E-state index contributed by atoms with van der Waals surface area (Å²) in [4.78, 5) is 11.3. The third kappa shape index (κ3) is 8.69. The number of hydrogen-bond acceptors (Lipinski definition) is 3. The van der Waals surface area contributed by atoms with E-state index in [0.717, 1.165) is 0 Å². The molecule has 0 aliphatic carbocycles. The van der Waals surface area contributed by atoms with E-state index in [1.165, 1.54) is 6.08 Å². The summed E-state index contributed by atoms with van der Waals surface area (Å²) in [5.41, 5.74) is 0. The maximum absolute atomic E-state index is 11.7. The average Bonchev–Trinajstić information content (AvgIpc) is 2.14. The van der Waals surface area contributed by atoms with E-state index in [-0.39, 0.29) is 5.91 Å². The fraction of sp³-hybridized carbons (Fsp3) is 0.727. The van der Waals surface area contributed by atoms with Crippen LogP contribution in [0.15, 0.2) is 12.2 Å². The summed E-state index contributed by atoms with van der Waals surface area (Å²) in [5.74, 6) is 0.281. The number of hydrogen-bond donors (Lipinski definition) is 1. The van der Waals surface area contributed by atoms with Crippen molar-refractivity contribution in [2.45, 2.75) is 20.8 Å². The standard InChI is InChI=1S/C11H22NO3P/c1-5-15-16(4,14)8-6-7-11(13)12-9-10(2)3/h6-7,10H,5,8-9H2,1-4H3,(H,12,13)/b7-6+. The molecule has 1 atom stereocenters. The first kappa shape index (κ1) is 15.4. The molecule has 0 aromatic rings. The van der Waals surface area contributed by atoms with Crippen molar-refractivity contribution in [2.24, 2.45) is 5.92 Å². The van der Waals surface area contributed by atoms with Crippen LogP contribution in [0.1, 0.15) is 20.8 Å². The van der Waals surface area contributed by atoms with E-state index in [4.69, 9.17) is 4.52 Å². The molecule has 1 amide bonds. The van der Waals surface area contributed by atoms with Gasteiger partial charge in [0.1, 0.15) is 0 Å². The average molecular weight is 247 g/mol. The first-order valence-electron chi connectivity index (χ1n) is 5.53. The zero-order valence-electron chi connectivity index (χ0n) is 10.5. The van der Waals surface area contributed by atoms with Crippen molar-refractivity contribution in [3.05, 3.63) is 12.2 Å². The first-order valence-corrected chi connectivity index (χ1v) is 7.78. The van der Waals surface area contributed by atoms with Crippen LogP contribution in [0, 0.1) is 5.92 Å². The van der Waals surface area contributed by atoms with Crippen molar-refractivity contribution in [2.75, 3.05) is 26.0 Å². The van der Waals surface area contributed by atoms with Crippen LogP contribution in [0.3, 0.4) is 0 Å². The maximum atomic E-state index is 11.7. The Hall–Kier alpha value is -0.600. The van der Waals surface area contributed by atoms with Gasteiger partial charge in [0, 0.05) is 19.4 Å². The van der Waals surface area contributed by atoms with Crippen molar-refractivity contribution in [1.82, 2.24) is 5.32 Å². The molecule has 1 N–H and O–H groups in total. The smallest absolute Gasteiger partial charge is 0.243 e. The van der Waals surface area contributed by atoms with Gasteiger partial charge >= 0.3 is 0 Å². The number of amides is 1. The number of rotatable bonds is 7. The Bertz CT molecular complexity index is 287. The minimum absolute atomic E-state index is 0.148. The molecule has 5 heteroatoms. The third-order valence-corrected chi connectivity index (χ3v) is 3.47. The topological polar surface area (TPSA) is 55.4 Å². The van der Waals surface area contributed by atoms with E-state index in [0.29, 0.717) is 25.2 Å². The molecule has 0 saturated carbocycles. The highest BCUT2D eigenvalue weighted by molar-refractivity contribution is 7.58. The lowest BCUT2D eigenvalue weighted by Gasteiger charge is -2.09. The Morgan fingerprint density at radius 3 is 2.62 bits per heavy atom. The Morgan fingerprint density at radius 2 is 2.12 bits per heavy atom. The zero-order chi connectivity index (χ0) is 12.6. The summed E-state index contributed by atoms with van der Waals surface area (Å²) >= 11 is 0. The van der Waals surface area contributed by atoms with Gasteiger partial charge in [-0.3, -0.25) is 9.36 Å². The van der Waals surface area contributed by atoms with Gasteiger partial charge in [0.25, 0.3) is 0 Å². The summed E-state index contributed by atoms with van der Waals surface area (Å²) < 4.78 is 16.7. The van der Waals surface area contributed by atoms with E-state index in [9.17, 15) is 9.36 Å². The molecular weight excluding hydrogens is 225 g/mol. The van der Waals surface area contributed by atoms with Crippen LogP contribution in [-0.2, 0) is 13.9 Å². The van der Waals surface area contributed by atoms with Gasteiger partial charge in [-0.15, -0.1) is 0 Å². The molecule has 0 bridgehead atoms. The molecule has 0 spiro atoms. The summed E-state index contributed by atoms with van der Waals surface area (Å²) in [5, 5.41) is 2.74. The highest BCUT2D eigenvalue weighted by Crippen LogP contribution is 2.41. The third-order valence-electron chi connectivity index (χ3n) is 1.79. The van der Waals surface area contributed by atoms with Crippen LogP contribution in [-0.4, -0.2) is 31.9 Å². The van der Waals surface area contributed by atoms with Gasteiger partial charge in [-0.1, -0.05) is 19.9 Å². The summed E-state index contributed by atoms with van der Waals surface area (Å²) in [6, 6.07) is 0. The SMILES string of the molecule is CCOP(C)(=O)C/C=C/C(=O)NCC(C)C. The molecule has 0 aromatic heterocycles. The van der Waals surface area contributed by atoms with Gasteiger partial charge in [0.15, 0.2) is 0 Å². The number of allylic oxidation sites excluding steroid dienone is 1. The van der Waals surface area contributed by atoms with Gasteiger partial charge in [-0.05, 0) is 18.9 Å². The highest BCUT2D eigenvalue weighted by Gasteiger charge is 2.12. The fourth-order valence-corrected chi connectivity index (χ4v) is 2.18. The van der Waals surface area contributed by atoms with Crippen molar-refractivity contribution in [3.63, 3.8) is 0 Å². The molecule has 0 fully saturated rings. The maximum Gasteiger partial charge on any atom is 0.243 e. The Balaban J connectivity index is 3.91. The molecule has 1 unspecified atom stereocenters. The molecule has 94 valence electrons. The lowest BCUT2D eigenvalue weighted by atomic mass is 10.2. The van der Waals surface area contributed by atoms with E-state index in [1.54, 1.807) is 19.7 Å². The molecule has 0 aromatic carbocycles. The Labute approximate surface area is 97.9 Å². The quantitative estimate of drug-likeness (QED) is 0.554.